The maximum absolute atomic E-state index is 12.3. The minimum absolute atomic E-state index is 0.218. The number of hydrazone groups is 1. The maximum atomic E-state index is 12.3. The lowest BCUT2D eigenvalue weighted by Gasteiger charge is -2.06. The van der Waals surface area contributed by atoms with Gasteiger partial charge in [0, 0.05) is 10.0 Å². The summed E-state index contributed by atoms with van der Waals surface area (Å²) in [5.41, 5.74) is 3.98. The van der Waals surface area contributed by atoms with E-state index in [-0.39, 0.29) is 4.90 Å². The molecule has 0 aromatic heterocycles. The highest BCUT2D eigenvalue weighted by Gasteiger charge is 2.19. The fourth-order valence-corrected chi connectivity index (χ4v) is 3.62. The second kappa shape index (κ2) is 5.85. The van der Waals surface area contributed by atoms with Gasteiger partial charge in [-0.3, -0.25) is 0 Å². The van der Waals surface area contributed by atoms with Gasteiger partial charge in [-0.25, -0.2) is 0 Å². The number of hydrogen-bond acceptors (Lipinski definition) is 3. The first-order chi connectivity index (χ1) is 10.5. The van der Waals surface area contributed by atoms with E-state index in [4.69, 9.17) is 0 Å². The third-order valence-corrected chi connectivity index (χ3v) is 5.36. The third kappa shape index (κ3) is 3.08. The van der Waals surface area contributed by atoms with Crippen molar-refractivity contribution < 1.29 is 8.42 Å². The summed E-state index contributed by atoms with van der Waals surface area (Å²) in [6, 6.07) is 12.7. The van der Waals surface area contributed by atoms with E-state index in [1.165, 1.54) is 5.56 Å². The minimum Gasteiger partial charge on any atom is -0.200 e. The summed E-state index contributed by atoms with van der Waals surface area (Å²) in [5.74, 6) is 0. The molecule has 0 radical (unpaired) electrons. The molecule has 6 heteroatoms. The van der Waals surface area contributed by atoms with Crippen LogP contribution in [0.25, 0.3) is 0 Å². The summed E-state index contributed by atoms with van der Waals surface area (Å²) in [5, 5.41) is 4.13. The molecule has 0 saturated carbocycles. The molecule has 2 aromatic carbocycles. The molecule has 3 rings (SSSR count). The first-order valence-electron chi connectivity index (χ1n) is 6.89. The average Bonchev–Trinajstić information content (AvgIpc) is 2.88. The number of sulfonamides is 1. The Morgan fingerprint density at radius 1 is 1.09 bits per heavy atom. The summed E-state index contributed by atoms with van der Waals surface area (Å²) in [6.45, 7) is 1.91. The number of fused-ring (bicyclic) bond motifs is 1. The zero-order chi connectivity index (χ0) is 15.7. The van der Waals surface area contributed by atoms with Crippen LogP contribution in [0.1, 0.15) is 23.1 Å². The standard InChI is InChI=1S/C16H15BrN2O2S/c1-11-2-7-14(8-3-11)22(20,21)19-18-16-9-5-12-4-6-13(17)10-15(12)16/h2-4,6-8,10,19H,5,9H2,1H3. The lowest BCUT2D eigenvalue weighted by molar-refractivity contribution is 0.584. The van der Waals surface area contributed by atoms with E-state index < -0.39 is 10.0 Å². The predicted molar refractivity (Wildman–Crippen MR) is 90.5 cm³/mol. The molecule has 0 saturated heterocycles. The monoisotopic (exact) mass is 378 g/mol. The summed E-state index contributed by atoms with van der Waals surface area (Å²) in [6.07, 6.45) is 1.62. The van der Waals surface area contributed by atoms with E-state index in [0.717, 1.165) is 34.2 Å². The normalized spacial score (nSPS) is 15.8. The number of nitrogens with one attached hydrogen (secondary N) is 1. The topological polar surface area (TPSA) is 58.5 Å². The molecule has 1 aliphatic carbocycles. The molecular weight excluding hydrogens is 364 g/mol. The van der Waals surface area contributed by atoms with Gasteiger partial charge in [-0.2, -0.15) is 18.4 Å². The Morgan fingerprint density at radius 2 is 1.82 bits per heavy atom. The second-order valence-corrected chi connectivity index (χ2v) is 7.84. The van der Waals surface area contributed by atoms with Crippen LogP contribution in [0, 0.1) is 6.92 Å². The summed E-state index contributed by atoms with van der Waals surface area (Å²) < 4.78 is 25.5. The number of aryl methyl sites for hydroxylation is 2. The molecular formula is C16H15BrN2O2S. The Balaban J connectivity index is 1.86. The van der Waals surface area contributed by atoms with Crippen molar-refractivity contribution in [1.82, 2.24) is 4.83 Å². The summed E-state index contributed by atoms with van der Waals surface area (Å²) in [7, 11) is -3.63. The van der Waals surface area contributed by atoms with Gasteiger partial charge >= 0.3 is 0 Å². The number of hydrogen-bond donors (Lipinski definition) is 1. The quantitative estimate of drug-likeness (QED) is 0.832. The SMILES string of the molecule is Cc1ccc(S(=O)(=O)NN=C2CCc3ccc(Br)cc32)cc1. The van der Waals surface area contributed by atoms with E-state index in [9.17, 15) is 8.42 Å². The molecule has 22 heavy (non-hydrogen) atoms. The molecule has 0 amide bonds. The zero-order valence-electron chi connectivity index (χ0n) is 12.0. The first kappa shape index (κ1) is 15.2. The number of nitrogens with zero attached hydrogens (tertiary/aromatic N) is 1. The van der Waals surface area contributed by atoms with E-state index in [0.29, 0.717) is 0 Å². The Hall–Kier alpha value is -1.66. The van der Waals surface area contributed by atoms with Crippen molar-refractivity contribution in [2.45, 2.75) is 24.7 Å². The van der Waals surface area contributed by atoms with Crippen LogP contribution in [0.3, 0.4) is 0 Å². The van der Waals surface area contributed by atoms with Crippen LogP contribution in [0.4, 0.5) is 0 Å². The lowest BCUT2D eigenvalue weighted by atomic mass is 10.1. The van der Waals surface area contributed by atoms with Gasteiger partial charge in [-0.1, -0.05) is 39.7 Å². The fourth-order valence-electron chi connectivity index (χ4n) is 2.42. The molecule has 114 valence electrons. The van der Waals surface area contributed by atoms with Gasteiger partial charge in [-0.05, 0) is 49.6 Å². The Labute approximate surface area is 138 Å². The largest absolute Gasteiger partial charge is 0.276 e. The Bertz CT molecular complexity index is 843. The zero-order valence-corrected chi connectivity index (χ0v) is 14.4. The minimum atomic E-state index is -3.63. The Kier molecular flexibility index (Phi) is 4.06. The van der Waals surface area contributed by atoms with Crippen LogP contribution in [0.15, 0.2) is 56.9 Å². The van der Waals surface area contributed by atoms with Crippen molar-refractivity contribution in [3.63, 3.8) is 0 Å². The Morgan fingerprint density at radius 3 is 2.55 bits per heavy atom. The van der Waals surface area contributed by atoms with Gasteiger partial charge in [0.2, 0.25) is 0 Å². The van der Waals surface area contributed by atoms with Gasteiger partial charge in [0.15, 0.2) is 0 Å². The van der Waals surface area contributed by atoms with E-state index in [2.05, 4.69) is 25.9 Å². The highest BCUT2D eigenvalue weighted by molar-refractivity contribution is 9.10. The van der Waals surface area contributed by atoms with Crippen molar-refractivity contribution in [3.05, 3.63) is 63.6 Å². The van der Waals surface area contributed by atoms with Crippen molar-refractivity contribution in [2.75, 3.05) is 0 Å². The third-order valence-electron chi connectivity index (χ3n) is 3.65. The molecule has 0 heterocycles. The average molecular weight is 379 g/mol. The van der Waals surface area contributed by atoms with Crippen molar-refractivity contribution in [1.29, 1.82) is 0 Å². The molecule has 0 atom stereocenters. The number of halogens is 1. The highest BCUT2D eigenvalue weighted by atomic mass is 79.9. The van der Waals surface area contributed by atoms with Crippen LogP contribution < -0.4 is 4.83 Å². The van der Waals surface area contributed by atoms with Gasteiger partial charge in [0.25, 0.3) is 10.0 Å². The summed E-state index contributed by atoms with van der Waals surface area (Å²) >= 11 is 3.43. The van der Waals surface area contributed by atoms with Gasteiger partial charge in [-0.15, -0.1) is 0 Å². The number of rotatable bonds is 3. The van der Waals surface area contributed by atoms with E-state index in [1.54, 1.807) is 24.3 Å². The van der Waals surface area contributed by atoms with Crippen molar-refractivity contribution >= 4 is 31.7 Å². The summed E-state index contributed by atoms with van der Waals surface area (Å²) in [4.78, 5) is 2.56. The fraction of sp³-hybridized carbons (Fsp3) is 0.188. The smallest absolute Gasteiger partial charge is 0.200 e. The van der Waals surface area contributed by atoms with Crippen LogP contribution >= 0.6 is 15.9 Å². The molecule has 0 bridgehead atoms. The van der Waals surface area contributed by atoms with Crippen LogP contribution in [-0.4, -0.2) is 14.1 Å². The molecule has 2 aromatic rings. The van der Waals surface area contributed by atoms with Gasteiger partial charge in [0.05, 0.1) is 10.6 Å². The highest BCUT2D eigenvalue weighted by Crippen LogP contribution is 2.25. The molecule has 0 unspecified atom stereocenters. The molecule has 0 fully saturated rings. The van der Waals surface area contributed by atoms with Crippen molar-refractivity contribution in [2.24, 2.45) is 5.10 Å². The number of benzene rings is 2. The second-order valence-electron chi connectivity index (χ2n) is 5.27. The lowest BCUT2D eigenvalue weighted by Crippen LogP contribution is -2.20. The molecule has 1 N–H and O–H groups in total. The first-order valence-corrected chi connectivity index (χ1v) is 9.17. The predicted octanol–water partition coefficient (Wildman–Crippen LogP) is 3.39. The van der Waals surface area contributed by atoms with Gasteiger partial charge < -0.3 is 0 Å². The maximum Gasteiger partial charge on any atom is 0.276 e. The molecule has 1 aliphatic rings. The molecule has 0 spiro atoms. The van der Waals surface area contributed by atoms with Crippen LogP contribution in [0.2, 0.25) is 0 Å². The molecule has 0 aliphatic heterocycles. The molecule has 4 nitrogen and oxygen atoms in total. The van der Waals surface area contributed by atoms with Gasteiger partial charge in [0.1, 0.15) is 0 Å². The van der Waals surface area contributed by atoms with Crippen molar-refractivity contribution in [3.8, 4) is 0 Å². The van der Waals surface area contributed by atoms with Crippen LogP contribution in [-0.2, 0) is 16.4 Å². The van der Waals surface area contributed by atoms with E-state index >= 15 is 0 Å². The van der Waals surface area contributed by atoms with E-state index in [1.807, 2.05) is 25.1 Å². The van der Waals surface area contributed by atoms with Crippen LogP contribution in [0.5, 0.6) is 0 Å².